The molecule has 2 aliphatic heterocycles. The van der Waals surface area contributed by atoms with Crippen molar-refractivity contribution in [2.75, 3.05) is 32.1 Å². The van der Waals surface area contributed by atoms with Gasteiger partial charge in [0.25, 0.3) is 5.91 Å². The Morgan fingerprint density at radius 3 is 2.47 bits per heavy atom. The van der Waals surface area contributed by atoms with Gasteiger partial charge in [-0.1, -0.05) is 23.7 Å². The van der Waals surface area contributed by atoms with Crippen molar-refractivity contribution in [1.29, 1.82) is 0 Å². The summed E-state index contributed by atoms with van der Waals surface area (Å²) in [6.07, 6.45) is 3.60. The Morgan fingerprint density at radius 2 is 1.77 bits per heavy atom. The van der Waals surface area contributed by atoms with E-state index in [1.54, 1.807) is 19.2 Å². The molecule has 5 aromatic rings. The molecule has 5 heterocycles. The molecule has 2 aromatic carbocycles. The first-order chi connectivity index (χ1) is 27.3. The number of likely N-dealkylation sites (tertiary alicyclic amines) is 1. The summed E-state index contributed by atoms with van der Waals surface area (Å²) in [6.45, 7) is 2.88. The van der Waals surface area contributed by atoms with Crippen LogP contribution in [0.25, 0.3) is 21.9 Å². The fourth-order valence-electron chi connectivity index (χ4n) is 8.80. The molecule has 300 valence electrons. The van der Waals surface area contributed by atoms with Gasteiger partial charge in [-0.25, -0.2) is 9.78 Å². The number of halogens is 4. The van der Waals surface area contributed by atoms with E-state index >= 15 is 0 Å². The number of imidazole rings is 1. The Morgan fingerprint density at radius 1 is 1.02 bits per heavy atom. The fraction of sp³-hybridized carbons (Fsp3) is 0.450. The number of pyridine rings is 1. The van der Waals surface area contributed by atoms with Gasteiger partial charge in [0, 0.05) is 37.7 Å². The minimum Gasteiger partial charge on any atom is -0.494 e. The molecular formula is C40H42ClF3N8O5. The predicted molar refractivity (Wildman–Crippen MR) is 206 cm³/mol. The van der Waals surface area contributed by atoms with Crippen LogP contribution >= 0.6 is 11.6 Å². The Kier molecular flexibility index (Phi) is 10.4. The van der Waals surface area contributed by atoms with Crippen LogP contribution < -0.4 is 21.1 Å². The number of fused-ring (bicyclic) bond motifs is 2. The van der Waals surface area contributed by atoms with Gasteiger partial charge in [-0.3, -0.25) is 33.5 Å². The number of hydrogen-bond acceptors (Lipinski definition) is 8. The Balaban J connectivity index is 0.870. The monoisotopic (exact) mass is 806 g/mol. The summed E-state index contributed by atoms with van der Waals surface area (Å²) in [7, 11) is 3.11. The van der Waals surface area contributed by atoms with Gasteiger partial charge in [0.1, 0.15) is 23.2 Å². The van der Waals surface area contributed by atoms with Gasteiger partial charge in [0.2, 0.25) is 11.8 Å². The van der Waals surface area contributed by atoms with Crippen LogP contribution in [0.5, 0.6) is 5.75 Å². The summed E-state index contributed by atoms with van der Waals surface area (Å²) in [5, 5.41) is 11.1. The van der Waals surface area contributed by atoms with Crippen LogP contribution in [0.4, 0.5) is 18.9 Å². The lowest BCUT2D eigenvalue weighted by atomic mass is 9.84. The van der Waals surface area contributed by atoms with E-state index in [0.29, 0.717) is 38.9 Å². The van der Waals surface area contributed by atoms with Crippen LogP contribution in [-0.4, -0.2) is 73.3 Å². The van der Waals surface area contributed by atoms with Gasteiger partial charge in [-0.15, -0.1) is 0 Å². The number of ether oxygens (including phenoxy) is 1. The number of imide groups is 1. The van der Waals surface area contributed by atoms with E-state index in [1.807, 2.05) is 23.0 Å². The largest absolute Gasteiger partial charge is 0.494 e. The van der Waals surface area contributed by atoms with Crippen molar-refractivity contribution < 1.29 is 32.3 Å². The zero-order valence-corrected chi connectivity index (χ0v) is 32.2. The molecule has 8 rings (SSSR count). The number of alkyl halides is 3. The number of anilines is 1. The number of aryl methyl sites for hydroxylation is 1. The molecule has 3 amide bonds. The van der Waals surface area contributed by atoms with E-state index in [0.717, 1.165) is 81.2 Å². The first-order valence-electron chi connectivity index (χ1n) is 19.2. The quantitative estimate of drug-likeness (QED) is 0.167. The number of amides is 3. The second-order valence-corrected chi connectivity index (χ2v) is 15.7. The lowest BCUT2D eigenvalue weighted by Gasteiger charge is -2.37. The summed E-state index contributed by atoms with van der Waals surface area (Å²) in [5.74, 6) is -0.475. The highest BCUT2D eigenvalue weighted by Crippen LogP contribution is 2.40. The molecule has 57 heavy (non-hydrogen) atoms. The number of carbonyl (C=O) groups is 3. The third-order valence-electron chi connectivity index (χ3n) is 11.8. The third kappa shape index (κ3) is 7.52. The van der Waals surface area contributed by atoms with Gasteiger partial charge in [-0.05, 0) is 99.7 Å². The molecule has 0 spiro atoms. The van der Waals surface area contributed by atoms with Gasteiger partial charge >= 0.3 is 11.9 Å². The maximum absolute atomic E-state index is 13.3. The van der Waals surface area contributed by atoms with Crippen molar-refractivity contribution in [3.63, 3.8) is 0 Å². The van der Waals surface area contributed by atoms with Gasteiger partial charge < -0.3 is 15.0 Å². The van der Waals surface area contributed by atoms with Gasteiger partial charge in [0.05, 0.1) is 40.4 Å². The third-order valence-corrected chi connectivity index (χ3v) is 12.2. The number of methoxy groups -OCH3 is 1. The highest BCUT2D eigenvalue weighted by Gasteiger charge is 2.35. The highest BCUT2D eigenvalue weighted by molar-refractivity contribution is 6.36. The average molecular weight is 807 g/mol. The number of nitrogens with zero attached hydrogens (tertiary/aromatic N) is 6. The number of benzene rings is 2. The molecule has 17 heteroatoms. The standard InChI is InChI=1S/C40H42ClF3N8O5/c1-49-36-30(52(39(49)56)31-12-13-34(53)47-38(31)55)11-10-26(35(36)41)23-14-16-50(17-15-23)20-22-6-8-25(9-7-22)51-21-24-18-29(32(57-2)19-28(24)48-51)46-37(54)27-4-3-5-33(45-27)40(42,43)44/h3-5,10-11,18-19,21-23,25,31H,6-9,12-17,20H2,1-2H3,(H,46,54)(H,47,53,55)/t22-,25-,31?. The van der Waals surface area contributed by atoms with Crippen LogP contribution in [0.3, 0.4) is 0 Å². The maximum atomic E-state index is 13.3. The van der Waals surface area contributed by atoms with Gasteiger partial charge in [-0.2, -0.15) is 18.3 Å². The zero-order chi connectivity index (χ0) is 40.2. The first-order valence-corrected chi connectivity index (χ1v) is 19.5. The van der Waals surface area contributed by atoms with E-state index < -0.39 is 29.7 Å². The molecular weight excluding hydrogens is 765 g/mol. The van der Waals surface area contributed by atoms with E-state index in [9.17, 15) is 32.3 Å². The molecule has 13 nitrogen and oxygen atoms in total. The Bertz CT molecular complexity index is 2440. The molecule has 0 radical (unpaired) electrons. The van der Waals surface area contributed by atoms with Crippen LogP contribution in [0.2, 0.25) is 5.02 Å². The SMILES string of the molecule is COc1cc2nn([C@H]3CC[C@H](CN4CCC(c5ccc6c(c5Cl)n(C)c(=O)n6C5CCC(=O)NC5=O)CC4)CC3)cc2cc1NC(=O)c1cccc(C(F)(F)F)n1. The number of carbonyl (C=O) groups excluding carboxylic acids is 3. The molecule has 1 saturated carbocycles. The Hall–Kier alpha value is -5.22. The molecule has 1 aliphatic carbocycles. The molecule has 2 N–H and O–H groups in total. The lowest BCUT2D eigenvalue weighted by molar-refractivity contribution is -0.141. The molecule has 1 atom stereocenters. The molecule has 3 fully saturated rings. The van der Waals surface area contributed by atoms with Crippen molar-refractivity contribution in [3.05, 3.63) is 81.1 Å². The van der Waals surface area contributed by atoms with Crippen molar-refractivity contribution >= 4 is 56.9 Å². The number of nitrogens with one attached hydrogen (secondary N) is 2. The van der Waals surface area contributed by atoms with Crippen LogP contribution in [-0.2, 0) is 22.8 Å². The van der Waals surface area contributed by atoms with Gasteiger partial charge in [0.15, 0.2) is 0 Å². The highest BCUT2D eigenvalue weighted by atomic mass is 35.5. The summed E-state index contributed by atoms with van der Waals surface area (Å²) >= 11 is 7.02. The smallest absolute Gasteiger partial charge is 0.433 e. The summed E-state index contributed by atoms with van der Waals surface area (Å²) in [6, 6.07) is 9.91. The predicted octanol–water partition coefficient (Wildman–Crippen LogP) is 6.61. The van der Waals surface area contributed by atoms with Crippen LogP contribution in [0.1, 0.15) is 91.1 Å². The lowest BCUT2D eigenvalue weighted by Crippen LogP contribution is -2.44. The Labute approximate surface area is 330 Å². The summed E-state index contributed by atoms with van der Waals surface area (Å²) in [5.41, 5.74) is 1.34. The topological polar surface area (TPSA) is 145 Å². The van der Waals surface area contributed by atoms with Crippen LogP contribution in [0, 0.1) is 5.92 Å². The van der Waals surface area contributed by atoms with Crippen molar-refractivity contribution in [2.45, 2.75) is 75.5 Å². The maximum Gasteiger partial charge on any atom is 0.433 e. The van der Waals surface area contributed by atoms with Crippen molar-refractivity contribution in [1.82, 2.24) is 34.1 Å². The minimum atomic E-state index is -4.67. The summed E-state index contributed by atoms with van der Waals surface area (Å²) < 4.78 is 49.9. The van der Waals surface area contributed by atoms with Crippen molar-refractivity contribution in [2.24, 2.45) is 13.0 Å². The normalized spacial score (nSPS) is 21.3. The second-order valence-electron chi connectivity index (χ2n) is 15.3. The zero-order valence-electron chi connectivity index (χ0n) is 31.4. The van der Waals surface area contributed by atoms with E-state index in [2.05, 4.69) is 20.5 Å². The van der Waals surface area contributed by atoms with Crippen LogP contribution in [0.15, 0.2) is 53.5 Å². The number of piperidine rings is 2. The number of rotatable bonds is 8. The molecule has 2 saturated heterocycles. The number of aromatic nitrogens is 5. The minimum absolute atomic E-state index is 0.173. The second kappa shape index (κ2) is 15.3. The molecule has 3 aromatic heterocycles. The van der Waals surface area contributed by atoms with E-state index in [4.69, 9.17) is 21.4 Å². The van der Waals surface area contributed by atoms with Crippen molar-refractivity contribution in [3.8, 4) is 5.75 Å². The molecule has 0 bridgehead atoms. The first kappa shape index (κ1) is 38.6. The van der Waals surface area contributed by atoms with E-state index in [-0.39, 0.29) is 42.1 Å². The summed E-state index contributed by atoms with van der Waals surface area (Å²) in [4.78, 5) is 56.6. The molecule has 1 unspecified atom stereocenters. The number of hydrogen-bond donors (Lipinski definition) is 2. The van der Waals surface area contributed by atoms with E-state index in [1.165, 1.54) is 22.3 Å². The molecule has 3 aliphatic rings. The fourth-order valence-corrected chi connectivity index (χ4v) is 9.24. The average Bonchev–Trinajstić information content (AvgIpc) is 3.72.